The van der Waals surface area contributed by atoms with Crippen molar-refractivity contribution in [2.24, 2.45) is 17.6 Å². The molecule has 1 rings (SSSR count). The van der Waals surface area contributed by atoms with Gasteiger partial charge in [-0.1, -0.05) is 6.92 Å². The number of carbonyl (C=O) groups excluding carboxylic acids is 2. The van der Waals surface area contributed by atoms with Crippen molar-refractivity contribution < 1.29 is 9.59 Å². The van der Waals surface area contributed by atoms with E-state index in [9.17, 15) is 9.59 Å². The summed E-state index contributed by atoms with van der Waals surface area (Å²) in [4.78, 5) is 25.0. The van der Waals surface area contributed by atoms with E-state index in [-0.39, 0.29) is 23.8 Å². The SMILES string of the molecule is CNC(=O)CCN(C)C(=O)C1CCC(C)C(N)C1. The Balaban J connectivity index is 2.41. The second-order valence-electron chi connectivity index (χ2n) is 5.33. The molecular formula is C13H25N3O2. The highest BCUT2D eigenvalue weighted by Gasteiger charge is 2.31. The Labute approximate surface area is 109 Å². The first-order valence-corrected chi connectivity index (χ1v) is 6.66. The van der Waals surface area contributed by atoms with E-state index >= 15 is 0 Å². The highest BCUT2D eigenvalue weighted by Crippen LogP contribution is 2.28. The maximum absolute atomic E-state index is 12.2. The van der Waals surface area contributed by atoms with Crippen LogP contribution < -0.4 is 11.1 Å². The molecule has 0 saturated heterocycles. The number of rotatable bonds is 4. The summed E-state index contributed by atoms with van der Waals surface area (Å²) in [7, 11) is 3.36. The molecule has 0 aromatic heterocycles. The molecule has 3 N–H and O–H groups in total. The third kappa shape index (κ3) is 3.98. The third-order valence-corrected chi connectivity index (χ3v) is 3.94. The van der Waals surface area contributed by atoms with Gasteiger partial charge in [0.25, 0.3) is 0 Å². The first kappa shape index (κ1) is 15.0. The molecule has 2 amide bonds. The van der Waals surface area contributed by atoms with Gasteiger partial charge < -0.3 is 16.0 Å². The molecule has 5 heteroatoms. The highest BCUT2D eigenvalue weighted by molar-refractivity contribution is 5.80. The monoisotopic (exact) mass is 255 g/mol. The van der Waals surface area contributed by atoms with Gasteiger partial charge >= 0.3 is 0 Å². The van der Waals surface area contributed by atoms with Gasteiger partial charge in [-0.3, -0.25) is 9.59 Å². The van der Waals surface area contributed by atoms with Crippen molar-refractivity contribution in [2.45, 2.75) is 38.6 Å². The fraction of sp³-hybridized carbons (Fsp3) is 0.846. The summed E-state index contributed by atoms with van der Waals surface area (Å²) in [5.74, 6) is 0.626. The van der Waals surface area contributed by atoms with Crippen molar-refractivity contribution in [1.82, 2.24) is 10.2 Å². The van der Waals surface area contributed by atoms with Crippen LogP contribution in [0.3, 0.4) is 0 Å². The lowest BCUT2D eigenvalue weighted by Crippen LogP contribution is -2.42. The minimum atomic E-state index is -0.0383. The van der Waals surface area contributed by atoms with Crippen molar-refractivity contribution >= 4 is 11.8 Å². The van der Waals surface area contributed by atoms with E-state index in [1.807, 2.05) is 0 Å². The summed E-state index contributed by atoms with van der Waals surface area (Å²) in [5.41, 5.74) is 6.02. The summed E-state index contributed by atoms with van der Waals surface area (Å²) in [6, 6.07) is 0.125. The van der Waals surface area contributed by atoms with Crippen LogP contribution in [0.15, 0.2) is 0 Å². The number of nitrogens with two attached hydrogens (primary N) is 1. The Morgan fingerprint density at radius 2 is 2.06 bits per heavy atom. The number of hydrogen-bond donors (Lipinski definition) is 2. The van der Waals surface area contributed by atoms with E-state index < -0.39 is 0 Å². The van der Waals surface area contributed by atoms with Gasteiger partial charge in [0.15, 0.2) is 0 Å². The molecule has 1 aliphatic rings. The van der Waals surface area contributed by atoms with Crippen LogP contribution >= 0.6 is 0 Å². The second kappa shape index (κ2) is 6.73. The molecule has 1 aliphatic carbocycles. The van der Waals surface area contributed by atoms with E-state index in [1.165, 1.54) is 0 Å². The van der Waals surface area contributed by atoms with E-state index in [1.54, 1.807) is 19.0 Å². The normalized spacial score (nSPS) is 27.7. The van der Waals surface area contributed by atoms with Crippen molar-refractivity contribution in [3.05, 3.63) is 0 Å². The van der Waals surface area contributed by atoms with Gasteiger partial charge in [-0.25, -0.2) is 0 Å². The average Bonchev–Trinajstić information content (AvgIpc) is 2.37. The molecule has 0 aromatic carbocycles. The lowest BCUT2D eigenvalue weighted by atomic mass is 9.79. The van der Waals surface area contributed by atoms with Gasteiger partial charge in [-0.05, 0) is 25.2 Å². The molecule has 0 aliphatic heterocycles. The molecule has 3 unspecified atom stereocenters. The molecule has 0 radical (unpaired) electrons. The molecule has 1 fully saturated rings. The number of nitrogens with one attached hydrogen (secondary N) is 1. The van der Waals surface area contributed by atoms with Crippen molar-refractivity contribution in [2.75, 3.05) is 20.6 Å². The summed E-state index contributed by atoms with van der Waals surface area (Å²) < 4.78 is 0. The second-order valence-corrected chi connectivity index (χ2v) is 5.33. The van der Waals surface area contributed by atoms with Crippen LogP contribution in [0.1, 0.15) is 32.6 Å². The number of amides is 2. The Kier molecular flexibility index (Phi) is 5.59. The van der Waals surface area contributed by atoms with Crippen LogP contribution in [0.5, 0.6) is 0 Å². The van der Waals surface area contributed by atoms with Gasteiger partial charge in [0.05, 0.1) is 0 Å². The quantitative estimate of drug-likeness (QED) is 0.761. The van der Waals surface area contributed by atoms with Crippen molar-refractivity contribution in [3.63, 3.8) is 0 Å². The summed E-state index contributed by atoms with van der Waals surface area (Å²) in [5, 5.41) is 2.55. The molecule has 3 atom stereocenters. The predicted octanol–water partition coefficient (Wildman–Crippen LogP) is 0.344. The third-order valence-electron chi connectivity index (χ3n) is 3.94. The van der Waals surface area contributed by atoms with E-state index in [2.05, 4.69) is 12.2 Å². The molecule has 1 saturated carbocycles. The van der Waals surface area contributed by atoms with Crippen molar-refractivity contribution in [3.8, 4) is 0 Å². The van der Waals surface area contributed by atoms with Crippen molar-refractivity contribution in [1.29, 1.82) is 0 Å². The fourth-order valence-electron chi connectivity index (χ4n) is 2.40. The Bertz CT molecular complexity index is 307. The van der Waals surface area contributed by atoms with Gasteiger partial charge in [0.1, 0.15) is 0 Å². The maximum Gasteiger partial charge on any atom is 0.225 e. The molecule has 104 valence electrons. The standard InChI is InChI=1S/C13H25N3O2/c1-9-4-5-10(8-11(9)14)13(18)16(3)7-6-12(17)15-2/h9-11H,4-8,14H2,1-3H3,(H,15,17). The van der Waals surface area contributed by atoms with Crippen LogP contribution in [0.25, 0.3) is 0 Å². The molecule has 0 heterocycles. The summed E-state index contributed by atoms with van der Waals surface area (Å²) in [6.07, 6.45) is 3.05. The molecule has 0 spiro atoms. The number of hydrogen-bond acceptors (Lipinski definition) is 3. The smallest absolute Gasteiger partial charge is 0.225 e. The number of nitrogens with zero attached hydrogens (tertiary/aromatic N) is 1. The lowest BCUT2D eigenvalue weighted by Gasteiger charge is -2.33. The summed E-state index contributed by atoms with van der Waals surface area (Å²) in [6.45, 7) is 2.61. The van der Waals surface area contributed by atoms with Gasteiger partial charge in [0.2, 0.25) is 11.8 Å². The Morgan fingerprint density at radius 1 is 1.39 bits per heavy atom. The Morgan fingerprint density at radius 3 is 2.61 bits per heavy atom. The number of carbonyl (C=O) groups is 2. The molecule has 5 nitrogen and oxygen atoms in total. The zero-order valence-electron chi connectivity index (χ0n) is 11.6. The highest BCUT2D eigenvalue weighted by atomic mass is 16.2. The zero-order valence-corrected chi connectivity index (χ0v) is 11.6. The molecule has 18 heavy (non-hydrogen) atoms. The van der Waals surface area contributed by atoms with Gasteiger partial charge in [0, 0.05) is 39.0 Å². The average molecular weight is 255 g/mol. The topological polar surface area (TPSA) is 75.4 Å². The van der Waals surface area contributed by atoms with Crippen LogP contribution in [0.2, 0.25) is 0 Å². The first-order valence-electron chi connectivity index (χ1n) is 6.66. The van der Waals surface area contributed by atoms with E-state index in [0.717, 1.165) is 19.3 Å². The first-order chi connectivity index (χ1) is 8.45. The fourth-order valence-corrected chi connectivity index (χ4v) is 2.40. The van der Waals surface area contributed by atoms with E-state index in [4.69, 9.17) is 5.73 Å². The largest absolute Gasteiger partial charge is 0.359 e. The summed E-state index contributed by atoms with van der Waals surface area (Å²) >= 11 is 0. The maximum atomic E-state index is 12.2. The molecular weight excluding hydrogens is 230 g/mol. The minimum absolute atomic E-state index is 0.0332. The van der Waals surface area contributed by atoms with Crippen LogP contribution in [-0.4, -0.2) is 43.4 Å². The lowest BCUT2D eigenvalue weighted by molar-refractivity contribution is -0.136. The Hall–Kier alpha value is -1.10. The van der Waals surface area contributed by atoms with Gasteiger partial charge in [-0.2, -0.15) is 0 Å². The van der Waals surface area contributed by atoms with Gasteiger partial charge in [-0.15, -0.1) is 0 Å². The molecule has 0 bridgehead atoms. The van der Waals surface area contributed by atoms with Crippen LogP contribution in [0, 0.1) is 11.8 Å². The minimum Gasteiger partial charge on any atom is -0.359 e. The van der Waals surface area contributed by atoms with E-state index in [0.29, 0.717) is 18.9 Å². The zero-order chi connectivity index (χ0) is 13.7. The van der Waals surface area contributed by atoms with Crippen LogP contribution in [-0.2, 0) is 9.59 Å². The molecule has 0 aromatic rings. The predicted molar refractivity (Wildman–Crippen MR) is 70.8 cm³/mol. The van der Waals surface area contributed by atoms with Crippen LogP contribution in [0.4, 0.5) is 0 Å².